The normalized spacial score (nSPS) is 13.6. The maximum Gasteiger partial charge on any atom is 0.224 e. The summed E-state index contributed by atoms with van der Waals surface area (Å²) in [5.41, 5.74) is 2.81. The molecule has 0 aliphatic heterocycles. The summed E-state index contributed by atoms with van der Waals surface area (Å²) in [5, 5.41) is 16.1. The van der Waals surface area contributed by atoms with Gasteiger partial charge in [0.1, 0.15) is 0 Å². The molecule has 8 heteroatoms. The second-order valence-corrected chi connectivity index (χ2v) is 8.70. The number of aromatic nitrogens is 5. The van der Waals surface area contributed by atoms with E-state index in [0.29, 0.717) is 12.5 Å². The molecule has 0 radical (unpaired) electrons. The zero-order valence-corrected chi connectivity index (χ0v) is 17.3. The second kappa shape index (κ2) is 8.31. The zero-order chi connectivity index (χ0) is 20.3. The van der Waals surface area contributed by atoms with Crippen molar-refractivity contribution >= 4 is 33.1 Å². The van der Waals surface area contributed by atoms with E-state index in [-0.39, 0.29) is 5.91 Å². The molecule has 0 atom stereocenters. The molecule has 5 rings (SSSR count). The van der Waals surface area contributed by atoms with Crippen molar-refractivity contribution in [3.05, 3.63) is 53.5 Å². The number of rotatable bonds is 8. The van der Waals surface area contributed by atoms with Crippen LogP contribution in [-0.2, 0) is 11.2 Å². The monoisotopic (exact) mass is 418 g/mol. The van der Waals surface area contributed by atoms with Gasteiger partial charge in [0.05, 0.1) is 21.3 Å². The minimum atomic E-state index is 0.0369. The first-order valence-corrected chi connectivity index (χ1v) is 11.1. The summed E-state index contributed by atoms with van der Waals surface area (Å²) in [6, 6.07) is 16.3. The number of para-hydroxylation sites is 1. The second-order valence-electron chi connectivity index (χ2n) is 7.59. The van der Waals surface area contributed by atoms with Crippen LogP contribution in [-0.4, -0.2) is 31.1 Å². The highest BCUT2D eigenvalue weighted by Gasteiger charge is 2.28. The fourth-order valence-electron chi connectivity index (χ4n) is 3.46. The molecular formula is C22H22N6OS. The van der Waals surface area contributed by atoms with Gasteiger partial charge in [-0.1, -0.05) is 12.1 Å². The first-order valence-electron chi connectivity index (χ1n) is 10.3. The highest BCUT2D eigenvalue weighted by Crippen LogP contribution is 2.36. The summed E-state index contributed by atoms with van der Waals surface area (Å²) in [6.07, 6.45) is 5.48. The molecule has 1 fully saturated rings. The fraction of sp³-hybridized carbons (Fsp3) is 0.318. The van der Waals surface area contributed by atoms with E-state index in [4.69, 9.17) is 0 Å². The molecule has 7 nitrogen and oxygen atoms in total. The molecule has 1 saturated carbocycles. The number of hydrogen-bond acceptors (Lipinski definition) is 6. The summed E-state index contributed by atoms with van der Waals surface area (Å²) < 4.78 is 3.11. The lowest BCUT2D eigenvalue weighted by atomic mass is 10.1. The van der Waals surface area contributed by atoms with Crippen molar-refractivity contribution in [3.63, 3.8) is 0 Å². The molecule has 2 aromatic carbocycles. The van der Waals surface area contributed by atoms with Crippen molar-refractivity contribution in [1.82, 2.24) is 25.2 Å². The van der Waals surface area contributed by atoms with Gasteiger partial charge in [0.15, 0.2) is 5.82 Å². The van der Waals surface area contributed by atoms with E-state index >= 15 is 0 Å². The Morgan fingerprint density at radius 1 is 1.10 bits per heavy atom. The Balaban J connectivity index is 1.10. The largest absolute Gasteiger partial charge is 0.326 e. The van der Waals surface area contributed by atoms with Gasteiger partial charge in [-0.25, -0.2) is 9.67 Å². The molecule has 1 aliphatic rings. The fourth-order valence-corrected chi connectivity index (χ4v) is 4.47. The van der Waals surface area contributed by atoms with E-state index < -0.39 is 0 Å². The van der Waals surface area contributed by atoms with Gasteiger partial charge in [0, 0.05) is 17.7 Å². The van der Waals surface area contributed by atoms with Crippen LogP contribution < -0.4 is 5.32 Å². The van der Waals surface area contributed by atoms with E-state index in [0.717, 1.165) is 59.7 Å². The van der Waals surface area contributed by atoms with Gasteiger partial charge in [0.25, 0.3) is 0 Å². The molecule has 2 heterocycles. The first-order chi connectivity index (χ1) is 14.8. The number of aryl methyl sites for hydroxylation is 1. The number of hydrogen-bond donors (Lipinski definition) is 1. The minimum Gasteiger partial charge on any atom is -0.326 e. The van der Waals surface area contributed by atoms with E-state index in [9.17, 15) is 4.79 Å². The summed E-state index contributed by atoms with van der Waals surface area (Å²) in [7, 11) is 0. The lowest BCUT2D eigenvalue weighted by Crippen LogP contribution is -2.11. The molecule has 2 aromatic heterocycles. The van der Waals surface area contributed by atoms with Gasteiger partial charge in [-0.05, 0) is 78.9 Å². The molecule has 4 aromatic rings. The van der Waals surface area contributed by atoms with Crippen molar-refractivity contribution < 1.29 is 4.79 Å². The number of anilines is 1. The van der Waals surface area contributed by atoms with Crippen LogP contribution in [0.3, 0.4) is 0 Å². The highest BCUT2D eigenvalue weighted by atomic mass is 32.1. The van der Waals surface area contributed by atoms with Crippen LogP contribution in [0.15, 0.2) is 48.5 Å². The third kappa shape index (κ3) is 4.23. The number of carbonyl (C=O) groups excluding carboxylic acids is 1. The number of nitrogens with one attached hydrogen (secondary N) is 1. The van der Waals surface area contributed by atoms with Gasteiger partial charge in [0.2, 0.25) is 5.91 Å². The van der Waals surface area contributed by atoms with Crippen LogP contribution in [0, 0.1) is 0 Å². The summed E-state index contributed by atoms with van der Waals surface area (Å²) in [4.78, 5) is 16.9. The van der Waals surface area contributed by atoms with Crippen LogP contribution in [0.5, 0.6) is 0 Å². The molecule has 1 aliphatic carbocycles. The Kier molecular flexibility index (Phi) is 5.23. The summed E-state index contributed by atoms with van der Waals surface area (Å²) in [5.74, 6) is 0.820. The predicted molar refractivity (Wildman–Crippen MR) is 117 cm³/mol. The average molecular weight is 419 g/mol. The molecule has 0 spiro atoms. The van der Waals surface area contributed by atoms with E-state index in [1.807, 2.05) is 47.1 Å². The van der Waals surface area contributed by atoms with Crippen molar-refractivity contribution in [3.8, 4) is 11.4 Å². The minimum absolute atomic E-state index is 0.0369. The molecule has 0 unspecified atom stereocenters. The number of nitrogens with zero attached hydrogens (tertiary/aromatic N) is 5. The van der Waals surface area contributed by atoms with Gasteiger partial charge >= 0.3 is 0 Å². The Labute approximate surface area is 178 Å². The van der Waals surface area contributed by atoms with E-state index in [2.05, 4.69) is 31.9 Å². The van der Waals surface area contributed by atoms with Crippen molar-refractivity contribution in [2.45, 2.75) is 44.6 Å². The van der Waals surface area contributed by atoms with Gasteiger partial charge in [-0.15, -0.1) is 16.4 Å². The predicted octanol–water partition coefficient (Wildman–Crippen LogP) is 4.64. The van der Waals surface area contributed by atoms with Crippen LogP contribution in [0.1, 0.15) is 43.2 Å². The number of fused-ring (bicyclic) bond motifs is 1. The lowest BCUT2D eigenvalue weighted by molar-refractivity contribution is -0.116. The summed E-state index contributed by atoms with van der Waals surface area (Å²) in [6.45, 7) is 0. The van der Waals surface area contributed by atoms with E-state index in [1.54, 1.807) is 11.3 Å². The number of tetrazole rings is 1. The van der Waals surface area contributed by atoms with Crippen LogP contribution in [0.25, 0.3) is 21.6 Å². The topological polar surface area (TPSA) is 85.6 Å². The number of unbranched alkanes of at least 4 members (excludes halogenated alkanes) is 1. The van der Waals surface area contributed by atoms with Crippen LogP contribution >= 0.6 is 11.3 Å². The molecule has 1 N–H and O–H groups in total. The van der Waals surface area contributed by atoms with Crippen molar-refractivity contribution in [1.29, 1.82) is 0 Å². The molecular weight excluding hydrogens is 396 g/mol. The van der Waals surface area contributed by atoms with Gasteiger partial charge in [-0.3, -0.25) is 4.79 Å². The Morgan fingerprint density at radius 3 is 2.73 bits per heavy atom. The third-order valence-electron chi connectivity index (χ3n) is 5.20. The number of amides is 1. The van der Waals surface area contributed by atoms with Crippen LogP contribution in [0.2, 0.25) is 0 Å². The smallest absolute Gasteiger partial charge is 0.224 e. The Hall–Kier alpha value is -3.13. The summed E-state index contributed by atoms with van der Waals surface area (Å²) >= 11 is 1.74. The highest BCUT2D eigenvalue weighted by molar-refractivity contribution is 7.18. The number of benzene rings is 2. The maximum absolute atomic E-state index is 12.3. The lowest BCUT2D eigenvalue weighted by Gasteiger charge is -2.07. The SMILES string of the molecule is O=C(CCCCc1nc2ccccc2s1)Nc1ccc(-c2nnnn2C2CC2)cc1. The standard InChI is InChI=1S/C22H22N6OS/c29-20(7-3-4-8-21-24-18-5-1-2-6-19(18)30-21)23-16-11-9-15(10-12-16)22-25-26-27-28(22)17-13-14-17/h1-2,5-6,9-12,17H,3-4,7-8,13-14H2,(H,23,29). The van der Waals surface area contributed by atoms with Crippen molar-refractivity contribution in [2.24, 2.45) is 0 Å². The maximum atomic E-state index is 12.3. The number of thiazole rings is 1. The Morgan fingerprint density at radius 2 is 1.93 bits per heavy atom. The quantitative estimate of drug-likeness (QED) is 0.422. The molecule has 0 bridgehead atoms. The van der Waals surface area contributed by atoms with Gasteiger partial charge in [-0.2, -0.15) is 0 Å². The van der Waals surface area contributed by atoms with Crippen molar-refractivity contribution in [2.75, 3.05) is 5.32 Å². The average Bonchev–Trinajstić information content (AvgIpc) is 3.33. The van der Waals surface area contributed by atoms with E-state index in [1.165, 1.54) is 4.70 Å². The molecule has 30 heavy (non-hydrogen) atoms. The zero-order valence-electron chi connectivity index (χ0n) is 16.5. The van der Waals surface area contributed by atoms with Crippen LogP contribution in [0.4, 0.5) is 5.69 Å². The molecule has 1 amide bonds. The third-order valence-corrected chi connectivity index (χ3v) is 6.29. The number of carbonyl (C=O) groups is 1. The van der Waals surface area contributed by atoms with Gasteiger partial charge < -0.3 is 5.32 Å². The Bertz CT molecular complexity index is 1130. The molecule has 0 saturated heterocycles. The first kappa shape index (κ1) is 18.9. The molecule has 152 valence electrons.